The molecule has 0 spiro atoms. The lowest BCUT2D eigenvalue weighted by atomic mass is 10.0. The molecule has 0 saturated heterocycles. The number of hydrogen-bond donors (Lipinski definition) is 0. The molecule has 0 bridgehead atoms. The van der Waals surface area contributed by atoms with Gasteiger partial charge in [0.2, 0.25) is 0 Å². The molecule has 0 fully saturated rings. The summed E-state index contributed by atoms with van der Waals surface area (Å²) in [5.41, 5.74) is 0. The standard InChI is InChI=1S/C17H33Cl3/c1-2-3-4-5-6-7-8-9-10-11-12-13-14-15-16(18)17(19)20/h16-17H,2-15H2,1H3. The van der Waals surface area contributed by atoms with Crippen LogP contribution in [0, 0.1) is 0 Å². The van der Waals surface area contributed by atoms with Gasteiger partial charge < -0.3 is 0 Å². The zero-order chi connectivity index (χ0) is 15.1. The average molecular weight is 344 g/mol. The first kappa shape index (κ1) is 20.9. The average Bonchev–Trinajstić information content (AvgIpc) is 2.43. The van der Waals surface area contributed by atoms with E-state index in [1.807, 2.05) is 0 Å². The van der Waals surface area contributed by atoms with Gasteiger partial charge >= 0.3 is 0 Å². The maximum Gasteiger partial charge on any atom is 0.124 e. The molecule has 0 aliphatic carbocycles. The summed E-state index contributed by atoms with van der Waals surface area (Å²) in [6, 6.07) is 0. The first-order valence-electron chi connectivity index (χ1n) is 8.60. The van der Waals surface area contributed by atoms with Gasteiger partial charge in [-0.3, -0.25) is 0 Å². The Balaban J connectivity index is 3.03. The first-order chi connectivity index (χ1) is 9.68. The van der Waals surface area contributed by atoms with Crippen molar-refractivity contribution in [2.45, 2.75) is 107 Å². The highest BCUT2D eigenvalue weighted by atomic mass is 35.5. The third-order valence-electron chi connectivity index (χ3n) is 3.86. The molecular formula is C17H33Cl3. The molecule has 20 heavy (non-hydrogen) atoms. The highest BCUT2D eigenvalue weighted by Crippen LogP contribution is 2.20. The highest BCUT2D eigenvalue weighted by molar-refractivity contribution is 6.48. The van der Waals surface area contributed by atoms with Gasteiger partial charge in [0.25, 0.3) is 0 Å². The minimum Gasteiger partial charge on any atom is -0.120 e. The molecule has 0 radical (unpaired) electrons. The van der Waals surface area contributed by atoms with Crippen molar-refractivity contribution in [2.75, 3.05) is 0 Å². The third kappa shape index (κ3) is 15.3. The summed E-state index contributed by atoms with van der Waals surface area (Å²) >= 11 is 17.4. The van der Waals surface area contributed by atoms with Gasteiger partial charge in [-0.25, -0.2) is 0 Å². The Morgan fingerprint density at radius 3 is 1.25 bits per heavy atom. The Hall–Kier alpha value is 0.870. The fraction of sp³-hybridized carbons (Fsp3) is 1.00. The van der Waals surface area contributed by atoms with E-state index in [1.54, 1.807) is 0 Å². The molecule has 0 N–H and O–H groups in total. The minimum atomic E-state index is -0.422. The topological polar surface area (TPSA) is 0 Å². The molecule has 3 heteroatoms. The molecule has 0 aromatic heterocycles. The second-order valence-electron chi connectivity index (χ2n) is 5.88. The van der Waals surface area contributed by atoms with E-state index in [2.05, 4.69) is 6.92 Å². The number of halogens is 3. The van der Waals surface area contributed by atoms with E-state index in [0.717, 1.165) is 12.8 Å². The molecule has 1 atom stereocenters. The largest absolute Gasteiger partial charge is 0.124 e. The normalized spacial score (nSPS) is 13.1. The zero-order valence-corrected chi connectivity index (χ0v) is 15.5. The molecule has 0 amide bonds. The van der Waals surface area contributed by atoms with Gasteiger partial charge in [0, 0.05) is 0 Å². The van der Waals surface area contributed by atoms with E-state index in [0.29, 0.717) is 0 Å². The second-order valence-corrected chi connectivity index (χ2v) is 7.61. The molecule has 0 aromatic carbocycles. The van der Waals surface area contributed by atoms with Crippen LogP contribution in [0.2, 0.25) is 0 Å². The SMILES string of the molecule is CCCCCCCCCCCCCCCC(Cl)C(Cl)Cl. The highest BCUT2D eigenvalue weighted by Gasteiger charge is 2.12. The van der Waals surface area contributed by atoms with Crippen LogP contribution in [0.4, 0.5) is 0 Å². The molecular weight excluding hydrogens is 311 g/mol. The molecule has 0 rings (SSSR count). The maximum atomic E-state index is 5.99. The number of unbranched alkanes of at least 4 members (excludes halogenated alkanes) is 12. The van der Waals surface area contributed by atoms with Gasteiger partial charge in [0.15, 0.2) is 0 Å². The molecule has 1 unspecified atom stereocenters. The molecule has 0 aliphatic heterocycles. The van der Waals surface area contributed by atoms with Crippen LogP contribution in [0.25, 0.3) is 0 Å². The number of alkyl halides is 3. The summed E-state index contributed by atoms with van der Waals surface area (Å²) in [6.45, 7) is 2.27. The molecule has 0 aromatic rings. The molecule has 0 nitrogen and oxygen atoms in total. The Kier molecular flexibility index (Phi) is 17.0. The van der Waals surface area contributed by atoms with Crippen molar-refractivity contribution in [2.24, 2.45) is 0 Å². The van der Waals surface area contributed by atoms with Gasteiger partial charge in [-0.2, -0.15) is 0 Å². The summed E-state index contributed by atoms with van der Waals surface area (Å²) in [5.74, 6) is 0. The van der Waals surface area contributed by atoms with Gasteiger partial charge in [-0.05, 0) is 6.42 Å². The van der Waals surface area contributed by atoms with Crippen LogP contribution < -0.4 is 0 Å². The molecule has 122 valence electrons. The van der Waals surface area contributed by atoms with Crippen LogP contribution in [0.3, 0.4) is 0 Å². The van der Waals surface area contributed by atoms with Gasteiger partial charge in [0.05, 0.1) is 5.38 Å². The summed E-state index contributed by atoms with van der Waals surface area (Å²) in [5, 5.41) is -0.0777. The molecule has 0 saturated carbocycles. The van der Waals surface area contributed by atoms with Crippen LogP contribution in [0.1, 0.15) is 96.8 Å². The predicted molar refractivity (Wildman–Crippen MR) is 95.4 cm³/mol. The van der Waals surface area contributed by atoms with E-state index in [9.17, 15) is 0 Å². The number of hydrogen-bond acceptors (Lipinski definition) is 0. The summed E-state index contributed by atoms with van der Waals surface area (Å²) in [4.78, 5) is -0.422. The van der Waals surface area contributed by atoms with Crippen molar-refractivity contribution in [3.63, 3.8) is 0 Å². The third-order valence-corrected chi connectivity index (χ3v) is 5.19. The van der Waals surface area contributed by atoms with Crippen LogP contribution in [0.5, 0.6) is 0 Å². The smallest absolute Gasteiger partial charge is 0.120 e. The van der Waals surface area contributed by atoms with E-state index in [-0.39, 0.29) is 5.38 Å². The lowest BCUT2D eigenvalue weighted by Gasteiger charge is -2.09. The van der Waals surface area contributed by atoms with Gasteiger partial charge in [-0.1, -0.05) is 90.4 Å². The first-order valence-corrected chi connectivity index (χ1v) is 9.91. The Morgan fingerprint density at radius 2 is 0.900 bits per heavy atom. The fourth-order valence-corrected chi connectivity index (χ4v) is 2.89. The Labute approximate surface area is 141 Å². The summed E-state index contributed by atoms with van der Waals surface area (Å²) in [6.07, 6.45) is 18.8. The second kappa shape index (κ2) is 16.2. The van der Waals surface area contributed by atoms with Crippen LogP contribution in [-0.2, 0) is 0 Å². The lowest BCUT2D eigenvalue weighted by molar-refractivity contribution is 0.534. The van der Waals surface area contributed by atoms with E-state index < -0.39 is 4.84 Å². The zero-order valence-electron chi connectivity index (χ0n) is 13.2. The van der Waals surface area contributed by atoms with Crippen LogP contribution in [0.15, 0.2) is 0 Å². The number of rotatable bonds is 15. The van der Waals surface area contributed by atoms with Gasteiger partial charge in [0.1, 0.15) is 4.84 Å². The van der Waals surface area contributed by atoms with E-state index in [4.69, 9.17) is 34.8 Å². The Morgan fingerprint density at radius 1 is 0.550 bits per heavy atom. The Bertz CT molecular complexity index is 183. The maximum absolute atomic E-state index is 5.99. The van der Waals surface area contributed by atoms with Crippen LogP contribution in [-0.4, -0.2) is 10.2 Å². The van der Waals surface area contributed by atoms with Crippen molar-refractivity contribution in [3.05, 3.63) is 0 Å². The van der Waals surface area contributed by atoms with Crippen molar-refractivity contribution < 1.29 is 0 Å². The summed E-state index contributed by atoms with van der Waals surface area (Å²) < 4.78 is 0. The van der Waals surface area contributed by atoms with E-state index in [1.165, 1.54) is 77.0 Å². The summed E-state index contributed by atoms with van der Waals surface area (Å²) in [7, 11) is 0. The van der Waals surface area contributed by atoms with Gasteiger partial charge in [-0.15, -0.1) is 34.8 Å². The van der Waals surface area contributed by atoms with Crippen molar-refractivity contribution in [1.82, 2.24) is 0 Å². The van der Waals surface area contributed by atoms with Crippen molar-refractivity contribution in [1.29, 1.82) is 0 Å². The monoisotopic (exact) mass is 342 g/mol. The molecule has 0 aliphatic rings. The quantitative estimate of drug-likeness (QED) is 0.209. The minimum absolute atomic E-state index is 0.0777. The van der Waals surface area contributed by atoms with Crippen LogP contribution >= 0.6 is 34.8 Å². The fourth-order valence-electron chi connectivity index (χ4n) is 2.48. The van der Waals surface area contributed by atoms with Crippen molar-refractivity contribution in [3.8, 4) is 0 Å². The van der Waals surface area contributed by atoms with Crippen molar-refractivity contribution >= 4 is 34.8 Å². The predicted octanol–water partition coefficient (Wildman–Crippen LogP) is 7.88. The molecule has 0 heterocycles. The lowest BCUT2D eigenvalue weighted by Crippen LogP contribution is -2.07. The van der Waals surface area contributed by atoms with E-state index >= 15 is 0 Å².